The first-order valence-corrected chi connectivity index (χ1v) is 7.68. The van der Waals surface area contributed by atoms with Crippen molar-refractivity contribution >= 4 is 16.9 Å². The first kappa shape index (κ1) is 12.1. The van der Waals surface area contributed by atoms with Crippen molar-refractivity contribution < 1.29 is 0 Å². The number of aliphatic imine (C=N–C) groups is 1. The molecule has 0 saturated heterocycles. The van der Waals surface area contributed by atoms with Crippen molar-refractivity contribution in [2.75, 3.05) is 12.3 Å². The number of benzene rings is 1. The quantitative estimate of drug-likeness (QED) is 0.838. The van der Waals surface area contributed by atoms with Gasteiger partial charge in [0.15, 0.2) is 5.17 Å². The third-order valence-corrected chi connectivity index (χ3v) is 5.05. The van der Waals surface area contributed by atoms with E-state index in [1.165, 1.54) is 29.5 Å². The molecule has 0 bridgehead atoms. The van der Waals surface area contributed by atoms with Crippen molar-refractivity contribution in [3.8, 4) is 0 Å². The number of nitrogens with one attached hydrogen (secondary N) is 1. The maximum atomic E-state index is 4.52. The van der Waals surface area contributed by atoms with Crippen LogP contribution in [0.5, 0.6) is 0 Å². The van der Waals surface area contributed by atoms with Gasteiger partial charge in [-0.2, -0.15) is 0 Å². The monoisotopic (exact) mass is 260 g/mol. The molecule has 3 heteroatoms. The van der Waals surface area contributed by atoms with Gasteiger partial charge in [0.25, 0.3) is 0 Å². The van der Waals surface area contributed by atoms with E-state index >= 15 is 0 Å². The van der Waals surface area contributed by atoms with Crippen molar-refractivity contribution in [1.82, 2.24) is 5.32 Å². The molecule has 0 fully saturated rings. The summed E-state index contributed by atoms with van der Waals surface area (Å²) in [7, 11) is 0. The van der Waals surface area contributed by atoms with Crippen LogP contribution < -0.4 is 5.32 Å². The number of thioether (sulfide) groups is 1. The number of hydrogen-bond donors (Lipinski definition) is 1. The van der Waals surface area contributed by atoms with Crippen molar-refractivity contribution in [3.63, 3.8) is 0 Å². The van der Waals surface area contributed by atoms with Gasteiger partial charge in [-0.05, 0) is 61.4 Å². The summed E-state index contributed by atoms with van der Waals surface area (Å²) in [4.78, 5) is 4.52. The highest BCUT2D eigenvalue weighted by Gasteiger charge is 2.27. The first-order chi connectivity index (χ1) is 8.66. The molecule has 96 valence electrons. The number of fused-ring (bicyclic) bond motifs is 1. The van der Waals surface area contributed by atoms with E-state index in [-0.39, 0.29) is 0 Å². The van der Waals surface area contributed by atoms with E-state index in [4.69, 9.17) is 0 Å². The molecule has 1 heterocycles. The molecule has 1 unspecified atom stereocenters. The molecule has 0 spiro atoms. The highest BCUT2D eigenvalue weighted by molar-refractivity contribution is 8.14. The fraction of sp³-hybridized carbons (Fsp3) is 0.533. The van der Waals surface area contributed by atoms with Crippen LogP contribution in [0, 0.1) is 20.8 Å². The SMILES string of the molecule is Cc1cc(C)c2c(c1C)C(NC1=NCCS1)CC2. The second-order valence-corrected chi connectivity index (χ2v) is 6.38. The molecule has 3 rings (SSSR count). The maximum Gasteiger partial charge on any atom is 0.157 e. The molecule has 0 amide bonds. The highest BCUT2D eigenvalue weighted by Crippen LogP contribution is 2.37. The predicted octanol–water partition coefficient (Wildman–Crippen LogP) is 3.29. The zero-order valence-electron chi connectivity index (χ0n) is 11.3. The molecule has 1 aliphatic heterocycles. The molecule has 1 N–H and O–H groups in total. The zero-order chi connectivity index (χ0) is 12.7. The van der Waals surface area contributed by atoms with Crippen LogP contribution in [0.4, 0.5) is 0 Å². The third kappa shape index (κ3) is 1.95. The molecule has 0 radical (unpaired) electrons. The number of rotatable bonds is 1. The Balaban J connectivity index is 1.95. The van der Waals surface area contributed by atoms with Crippen LogP contribution in [0.15, 0.2) is 11.1 Å². The van der Waals surface area contributed by atoms with E-state index < -0.39 is 0 Å². The minimum Gasteiger partial charge on any atom is -0.358 e. The molecule has 1 aromatic rings. The van der Waals surface area contributed by atoms with Gasteiger partial charge in [-0.3, -0.25) is 4.99 Å². The van der Waals surface area contributed by atoms with Gasteiger partial charge in [-0.1, -0.05) is 17.8 Å². The lowest BCUT2D eigenvalue weighted by Crippen LogP contribution is -2.24. The van der Waals surface area contributed by atoms with Gasteiger partial charge >= 0.3 is 0 Å². The largest absolute Gasteiger partial charge is 0.358 e. The van der Waals surface area contributed by atoms with Crippen LogP contribution in [0.2, 0.25) is 0 Å². The standard InChI is InChI=1S/C15H20N2S/c1-9-8-10(2)12-4-5-13(14(12)11(9)3)17-15-16-6-7-18-15/h8,13H,4-7H2,1-3H3,(H,16,17). The van der Waals surface area contributed by atoms with Gasteiger partial charge in [0.2, 0.25) is 0 Å². The molecular weight excluding hydrogens is 240 g/mol. The van der Waals surface area contributed by atoms with Gasteiger partial charge in [0.05, 0.1) is 12.6 Å². The Hall–Kier alpha value is -0.960. The number of amidine groups is 1. The summed E-state index contributed by atoms with van der Waals surface area (Å²) in [5.41, 5.74) is 7.45. The molecular formula is C15H20N2S. The van der Waals surface area contributed by atoms with Gasteiger partial charge < -0.3 is 5.32 Å². The Kier molecular flexibility index (Phi) is 3.10. The Morgan fingerprint density at radius 1 is 1.28 bits per heavy atom. The molecule has 0 saturated carbocycles. The summed E-state index contributed by atoms with van der Waals surface area (Å²) in [5, 5.41) is 4.79. The van der Waals surface area contributed by atoms with Crippen LogP contribution >= 0.6 is 11.8 Å². The van der Waals surface area contributed by atoms with Crippen molar-refractivity contribution in [1.29, 1.82) is 0 Å². The Labute approximate surface area is 113 Å². The lowest BCUT2D eigenvalue weighted by Gasteiger charge is -2.19. The maximum absolute atomic E-state index is 4.52. The van der Waals surface area contributed by atoms with E-state index in [1.54, 1.807) is 11.1 Å². The van der Waals surface area contributed by atoms with Gasteiger partial charge in [0.1, 0.15) is 0 Å². The summed E-state index contributed by atoms with van der Waals surface area (Å²) in [6.07, 6.45) is 2.41. The normalized spacial score (nSPS) is 21.9. The Morgan fingerprint density at radius 3 is 2.83 bits per heavy atom. The van der Waals surface area contributed by atoms with Crippen LogP contribution in [0.1, 0.15) is 40.3 Å². The number of aryl methyl sites for hydroxylation is 2. The van der Waals surface area contributed by atoms with E-state index in [9.17, 15) is 0 Å². The summed E-state index contributed by atoms with van der Waals surface area (Å²) in [6, 6.07) is 2.81. The van der Waals surface area contributed by atoms with Gasteiger partial charge in [0, 0.05) is 5.75 Å². The molecule has 2 nitrogen and oxygen atoms in total. The Bertz CT molecular complexity index is 520. The van der Waals surface area contributed by atoms with Gasteiger partial charge in [-0.25, -0.2) is 0 Å². The summed E-state index contributed by atoms with van der Waals surface area (Å²) >= 11 is 1.86. The van der Waals surface area contributed by atoms with Crippen LogP contribution in [0.25, 0.3) is 0 Å². The van der Waals surface area contributed by atoms with Crippen molar-refractivity contribution in [2.24, 2.45) is 4.99 Å². The highest BCUT2D eigenvalue weighted by atomic mass is 32.2. The molecule has 1 aliphatic carbocycles. The summed E-state index contributed by atoms with van der Waals surface area (Å²) in [5.74, 6) is 1.13. The van der Waals surface area contributed by atoms with E-state index in [0.29, 0.717) is 6.04 Å². The third-order valence-electron chi connectivity index (χ3n) is 4.14. The molecule has 1 atom stereocenters. The Morgan fingerprint density at radius 2 is 2.11 bits per heavy atom. The van der Waals surface area contributed by atoms with Crippen LogP contribution in [-0.4, -0.2) is 17.5 Å². The second kappa shape index (κ2) is 4.61. The van der Waals surface area contributed by atoms with Crippen LogP contribution in [0.3, 0.4) is 0 Å². The predicted molar refractivity (Wildman–Crippen MR) is 79.6 cm³/mol. The summed E-state index contributed by atoms with van der Waals surface area (Å²) < 4.78 is 0. The summed E-state index contributed by atoms with van der Waals surface area (Å²) in [6.45, 7) is 7.70. The average molecular weight is 260 g/mol. The molecule has 18 heavy (non-hydrogen) atoms. The number of hydrogen-bond acceptors (Lipinski definition) is 3. The zero-order valence-corrected chi connectivity index (χ0v) is 12.2. The topological polar surface area (TPSA) is 24.4 Å². The second-order valence-electron chi connectivity index (χ2n) is 5.30. The van der Waals surface area contributed by atoms with Crippen molar-refractivity contribution in [2.45, 2.75) is 39.7 Å². The fourth-order valence-electron chi connectivity index (χ4n) is 3.12. The van der Waals surface area contributed by atoms with Crippen LogP contribution in [-0.2, 0) is 6.42 Å². The molecule has 2 aliphatic rings. The first-order valence-electron chi connectivity index (χ1n) is 6.70. The number of nitrogens with zero attached hydrogens (tertiary/aromatic N) is 1. The van der Waals surface area contributed by atoms with E-state index in [2.05, 4.69) is 37.1 Å². The molecule has 1 aromatic carbocycles. The van der Waals surface area contributed by atoms with Crippen molar-refractivity contribution in [3.05, 3.63) is 33.9 Å². The fourth-order valence-corrected chi connectivity index (χ4v) is 3.91. The van der Waals surface area contributed by atoms with E-state index in [0.717, 1.165) is 17.5 Å². The lowest BCUT2D eigenvalue weighted by atomic mass is 9.94. The smallest absolute Gasteiger partial charge is 0.157 e. The average Bonchev–Trinajstić information content (AvgIpc) is 2.96. The minimum absolute atomic E-state index is 0.475. The lowest BCUT2D eigenvalue weighted by molar-refractivity contribution is 0.641. The molecule has 0 aromatic heterocycles. The van der Waals surface area contributed by atoms with E-state index in [1.807, 2.05) is 11.8 Å². The minimum atomic E-state index is 0.475. The van der Waals surface area contributed by atoms with Gasteiger partial charge in [-0.15, -0.1) is 0 Å².